The summed E-state index contributed by atoms with van der Waals surface area (Å²) < 4.78 is 5.89. The molecule has 0 radical (unpaired) electrons. The topological polar surface area (TPSA) is 26.3 Å². The maximum Gasteiger partial charge on any atom is 0.120 e. The van der Waals surface area contributed by atoms with E-state index in [1.165, 1.54) is 11.3 Å². The van der Waals surface area contributed by atoms with Crippen molar-refractivity contribution in [1.82, 2.24) is 0 Å². The first-order valence-electron chi connectivity index (χ1n) is 5.65. The number of hydrogen-bond acceptors (Lipinski definition) is 3. The molecule has 1 atom stereocenters. The summed E-state index contributed by atoms with van der Waals surface area (Å²) in [7, 11) is 0. The van der Waals surface area contributed by atoms with Crippen molar-refractivity contribution in [1.29, 1.82) is 0 Å². The monoisotopic (exact) mass is 236 g/mol. The van der Waals surface area contributed by atoms with Crippen LogP contribution in [0.4, 0.5) is 0 Å². The summed E-state index contributed by atoms with van der Waals surface area (Å²) in [5.74, 6) is 3.24. The number of thioether (sulfide) groups is 1. The highest BCUT2D eigenvalue weighted by atomic mass is 32.2. The maximum atomic E-state index is 10.3. The van der Waals surface area contributed by atoms with Crippen molar-refractivity contribution in [3.63, 3.8) is 0 Å². The highest BCUT2D eigenvalue weighted by Crippen LogP contribution is 2.23. The van der Waals surface area contributed by atoms with Gasteiger partial charge in [-0.1, -0.05) is 12.1 Å². The zero-order chi connectivity index (χ0) is 11.2. The molecule has 1 unspecified atom stereocenters. The normalized spacial score (nSPS) is 19.6. The van der Waals surface area contributed by atoms with Crippen LogP contribution in [0.2, 0.25) is 0 Å². The van der Waals surface area contributed by atoms with Gasteiger partial charge in [-0.3, -0.25) is 0 Å². The predicted molar refractivity (Wildman–Crippen MR) is 67.2 cm³/mol. The largest absolute Gasteiger partial charge is 0.490 e. The first-order chi connectivity index (χ1) is 7.88. The molecule has 0 aromatic heterocycles. The zero-order valence-electron chi connectivity index (χ0n) is 9.22. The first-order valence-corrected chi connectivity index (χ1v) is 6.81. The minimum atomic E-state index is 0.367. The molecule has 0 amide bonds. The van der Waals surface area contributed by atoms with Crippen LogP contribution in [0.25, 0.3) is 0 Å². The van der Waals surface area contributed by atoms with Gasteiger partial charge in [0.05, 0.1) is 0 Å². The van der Waals surface area contributed by atoms with E-state index in [1.54, 1.807) is 0 Å². The van der Waals surface area contributed by atoms with Crippen molar-refractivity contribution >= 4 is 18.0 Å². The van der Waals surface area contributed by atoms with Gasteiger partial charge in [0.2, 0.25) is 0 Å². The Bertz CT molecular complexity index is 346. The summed E-state index contributed by atoms with van der Waals surface area (Å²) in [6, 6.07) is 8.08. The van der Waals surface area contributed by atoms with Gasteiger partial charge in [0.25, 0.3) is 0 Å². The van der Waals surface area contributed by atoms with Gasteiger partial charge in [0.1, 0.15) is 18.1 Å². The van der Waals surface area contributed by atoms with Gasteiger partial charge in [-0.25, -0.2) is 0 Å². The summed E-state index contributed by atoms with van der Waals surface area (Å²) in [6.07, 6.45) is 3.86. The van der Waals surface area contributed by atoms with Crippen molar-refractivity contribution in [2.45, 2.75) is 25.4 Å². The van der Waals surface area contributed by atoms with Crippen molar-refractivity contribution in [3.8, 4) is 5.75 Å². The van der Waals surface area contributed by atoms with Gasteiger partial charge in [-0.15, -0.1) is 0 Å². The summed E-state index contributed by atoms with van der Waals surface area (Å²) in [6.45, 7) is 0. The third-order valence-electron chi connectivity index (χ3n) is 2.64. The van der Waals surface area contributed by atoms with Crippen molar-refractivity contribution in [2.75, 3.05) is 11.5 Å². The third kappa shape index (κ3) is 3.27. The van der Waals surface area contributed by atoms with Gasteiger partial charge in [0.15, 0.2) is 0 Å². The lowest BCUT2D eigenvalue weighted by atomic mass is 10.1. The van der Waals surface area contributed by atoms with Crippen molar-refractivity contribution in [3.05, 3.63) is 29.8 Å². The van der Waals surface area contributed by atoms with Crippen molar-refractivity contribution in [2.24, 2.45) is 0 Å². The number of aldehydes is 1. The summed E-state index contributed by atoms with van der Waals surface area (Å²) in [4.78, 5) is 10.3. The van der Waals surface area contributed by atoms with Crippen LogP contribution in [-0.2, 0) is 11.2 Å². The Kier molecular flexibility index (Phi) is 4.28. The Labute approximate surface area is 100 Å². The standard InChI is InChI=1S/C13H16O2S/c14-7-2-4-11-3-1-5-12(9-11)15-13-6-8-16-10-13/h1,3,5,7,9,13H,2,4,6,8,10H2. The molecule has 0 aliphatic carbocycles. The minimum Gasteiger partial charge on any atom is -0.490 e. The minimum absolute atomic E-state index is 0.367. The maximum absolute atomic E-state index is 10.3. The molecule has 1 aliphatic rings. The van der Waals surface area contributed by atoms with E-state index in [1.807, 2.05) is 36.0 Å². The van der Waals surface area contributed by atoms with Crippen LogP contribution < -0.4 is 4.74 Å². The first kappa shape index (κ1) is 11.5. The number of rotatable bonds is 5. The fourth-order valence-electron chi connectivity index (χ4n) is 1.80. The molecule has 0 saturated carbocycles. The molecule has 0 bridgehead atoms. The number of benzene rings is 1. The Morgan fingerprint density at radius 1 is 1.50 bits per heavy atom. The van der Waals surface area contributed by atoms with E-state index in [9.17, 15) is 4.79 Å². The van der Waals surface area contributed by atoms with Crippen LogP contribution in [0, 0.1) is 0 Å². The van der Waals surface area contributed by atoms with E-state index in [0.29, 0.717) is 12.5 Å². The van der Waals surface area contributed by atoms with E-state index in [2.05, 4.69) is 0 Å². The molecular weight excluding hydrogens is 220 g/mol. The molecule has 1 fully saturated rings. The lowest BCUT2D eigenvalue weighted by Crippen LogP contribution is -2.14. The molecule has 1 aliphatic heterocycles. The second kappa shape index (κ2) is 5.94. The average molecular weight is 236 g/mol. The van der Waals surface area contributed by atoms with E-state index >= 15 is 0 Å². The van der Waals surface area contributed by atoms with E-state index in [-0.39, 0.29) is 0 Å². The van der Waals surface area contributed by atoms with E-state index in [0.717, 1.165) is 30.6 Å². The molecule has 16 heavy (non-hydrogen) atoms. The number of carbonyl (C=O) groups is 1. The highest BCUT2D eigenvalue weighted by molar-refractivity contribution is 7.99. The fourth-order valence-corrected chi connectivity index (χ4v) is 2.89. The predicted octanol–water partition coefficient (Wildman–Crippen LogP) is 2.70. The Morgan fingerprint density at radius 3 is 3.19 bits per heavy atom. The Morgan fingerprint density at radius 2 is 2.44 bits per heavy atom. The van der Waals surface area contributed by atoms with Crippen LogP contribution in [0.3, 0.4) is 0 Å². The van der Waals surface area contributed by atoms with Gasteiger partial charge < -0.3 is 9.53 Å². The lowest BCUT2D eigenvalue weighted by Gasteiger charge is -2.13. The molecule has 2 nitrogen and oxygen atoms in total. The van der Waals surface area contributed by atoms with E-state index in [4.69, 9.17) is 4.74 Å². The number of ether oxygens (including phenoxy) is 1. The molecule has 2 rings (SSSR count). The highest BCUT2D eigenvalue weighted by Gasteiger charge is 2.16. The van der Waals surface area contributed by atoms with Crippen LogP contribution in [0.5, 0.6) is 5.75 Å². The quantitative estimate of drug-likeness (QED) is 0.735. The molecule has 3 heteroatoms. The van der Waals surface area contributed by atoms with Gasteiger partial charge in [0, 0.05) is 12.2 Å². The van der Waals surface area contributed by atoms with E-state index < -0.39 is 0 Å². The van der Waals surface area contributed by atoms with Crippen LogP contribution in [-0.4, -0.2) is 23.9 Å². The van der Waals surface area contributed by atoms with Gasteiger partial charge >= 0.3 is 0 Å². The summed E-state index contributed by atoms with van der Waals surface area (Å²) >= 11 is 1.95. The van der Waals surface area contributed by atoms with Gasteiger partial charge in [-0.2, -0.15) is 11.8 Å². The molecule has 1 aromatic carbocycles. The summed E-state index contributed by atoms with van der Waals surface area (Å²) in [5, 5.41) is 0. The van der Waals surface area contributed by atoms with Gasteiger partial charge in [-0.05, 0) is 36.3 Å². The molecule has 0 N–H and O–H groups in total. The summed E-state index contributed by atoms with van der Waals surface area (Å²) in [5.41, 5.74) is 1.18. The molecule has 1 aromatic rings. The lowest BCUT2D eigenvalue weighted by molar-refractivity contribution is -0.107. The SMILES string of the molecule is O=CCCc1cccc(OC2CCSC2)c1. The Hall–Kier alpha value is -0.960. The Balaban J connectivity index is 1.94. The molecule has 1 saturated heterocycles. The fraction of sp³-hybridized carbons (Fsp3) is 0.462. The van der Waals surface area contributed by atoms with Crippen LogP contribution in [0.15, 0.2) is 24.3 Å². The number of hydrogen-bond donors (Lipinski definition) is 0. The van der Waals surface area contributed by atoms with Crippen molar-refractivity contribution < 1.29 is 9.53 Å². The van der Waals surface area contributed by atoms with Crippen LogP contribution in [0.1, 0.15) is 18.4 Å². The third-order valence-corrected chi connectivity index (χ3v) is 3.77. The second-order valence-corrected chi connectivity index (χ2v) is 5.11. The smallest absolute Gasteiger partial charge is 0.120 e. The second-order valence-electron chi connectivity index (χ2n) is 3.96. The van der Waals surface area contributed by atoms with Crippen LogP contribution >= 0.6 is 11.8 Å². The molecular formula is C13H16O2S. The molecule has 1 heterocycles. The zero-order valence-corrected chi connectivity index (χ0v) is 10.0. The molecule has 86 valence electrons. The number of carbonyl (C=O) groups excluding carboxylic acids is 1. The average Bonchev–Trinajstić information content (AvgIpc) is 2.80. The number of aryl methyl sites for hydroxylation is 1. The molecule has 0 spiro atoms.